The molecule has 0 fully saturated rings. The van der Waals surface area contributed by atoms with E-state index >= 15 is 0 Å². The zero-order chi connectivity index (χ0) is 54.5. The van der Waals surface area contributed by atoms with Crippen LogP contribution in [0.15, 0.2) is 133 Å². The van der Waals surface area contributed by atoms with Gasteiger partial charge in [-0.2, -0.15) is 0 Å². The number of hydrogen-bond donors (Lipinski definition) is 11. The van der Waals surface area contributed by atoms with Gasteiger partial charge in [0, 0.05) is 50.0 Å². The maximum absolute atomic E-state index is 13.3. The smallest absolute Gasteiger partial charge is 0.269 e. The topological polar surface area (TPSA) is 295 Å². The molecule has 0 aliphatic carbocycles. The molecule has 75 heavy (non-hydrogen) atoms. The Kier molecular flexibility index (Phi) is 20.9. The largest absolute Gasteiger partial charge is 0.507 e. The molecular weight excluding hydrogens is 1370 g/mol. The Balaban J connectivity index is 1.04. The van der Waals surface area contributed by atoms with Crippen LogP contribution in [0.2, 0.25) is 0 Å². The number of aromatic hydroxyl groups is 5. The standard InChI is InChI=1S/C51H44Br6N6O12/c52-33-15-25(1-4-42(33)64)7-10-58-49(69)39(61-72)21-28-13-31(46(66)36(55)18-28)32-14-29(19-37(56)47(32)67)22-40(62-73)50(70)60-12-9-27-3-6-44(35(54)17-27)75-45-24-30(20-38(57)48(45)68)23-41(63-74)51(71)59-11-8-26-2-5-43(65)34(53)16-26/h1-6,13-20,24,64-68,72-74H,7-12,21-23H2,(H,58,69)(H,59,71)(H,60,70)/b61-39+,62-40+,63-41+. The lowest BCUT2D eigenvalue weighted by Crippen LogP contribution is -2.33. The molecule has 0 heterocycles. The zero-order valence-electron chi connectivity index (χ0n) is 38.8. The summed E-state index contributed by atoms with van der Waals surface area (Å²) in [5, 5.41) is 99.9. The first-order chi connectivity index (χ1) is 35.8. The minimum absolute atomic E-state index is 0.0367. The van der Waals surface area contributed by atoms with E-state index in [1.165, 1.54) is 42.5 Å². The lowest BCUT2D eigenvalue weighted by Gasteiger charge is -2.15. The van der Waals surface area contributed by atoms with Crippen molar-refractivity contribution in [2.24, 2.45) is 15.5 Å². The second-order valence-corrected chi connectivity index (χ2v) is 21.6. The number of oxime groups is 3. The van der Waals surface area contributed by atoms with Crippen LogP contribution in [0, 0.1) is 0 Å². The highest BCUT2D eigenvalue weighted by Crippen LogP contribution is 2.44. The molecule has 6 aromatic carbocycles. The quantitative estimate of drug-likeness (QED) is 0.0182. The second-order valence-electron chi connectivity index (χ2n) is 16.5. The van der Waals surface area contributed by atoms with Gasteiger partial charge in [-0.1, -0.05) is 33.7 Å². The number of rotatable bonds is 21. The summed E-state index contributed by atoms with van der Waals surface area (Å²) in [7, 11) is 0. The van der Waals surface area contributed by atoms with E-state index in [0.717, 1.165) is 16.7 Å². The van der Waals surface area contributed by atoms with Gasteiger partial charge in [0.15, 0.2) is 11.5 Å². The summed E-state index contributed by atoms with van der Waals surface area (Å²) in [6.07, 6.45) is 0.711. The zero-order valence-corrected chi connectivity index (χ0v) is 48.4. The van der Waals surface area contributed by atoms with E-state index in [4.69, 9.17) is 4.74 Å². The van der Waals surface area contributed by atoms with E-state index in [1.807, 2.05) is 0 Å². The maximum atomic E-state index is 13.3. The molecule has 0 saturated heterocycles. The number of ether oxygens (including phenoxy) is 1. The molecule has 0 bridgehead atoms. The monoisotopic (exact) mass is 1410 g/mol. The fraction of sp³-hybridized carbons (Fsp3) is 0.176. The summed E-state index contributed by atoms with van der Waals surface area (Å²) >= 11 is 20.0. The molecule has 24 heteroatoms. The van der Waals surface area contributed by atoms with Crippen LogP contribution in [-0.4, -0.2) is 95.6 Å². The van der Waals surface area contributed by atoms with Gasteiger partial charge in [0.1, 0.15) is 45.9 Å². The highest BCUT2D eigenvalue weighted by Gasteiger charge is 2.23. The van der Waals surface area contributed by atoms with Crippen molar-refractivity contribution < 1.29 is 60.3 Å². The van der Waals surface area contributed by atoms with E-state index in [2.05, 4.69) is 127 Å². The SMILES string of the molecule is O=C(NCCc1ccc(O)c(Br)c1)/C(Cc1cc(Br)c(O)c(Oc2ccc(CCNC(=O)/C(Cc3cc(Br)c(O)c(-c4cc(C/C(=N\O)C(=O)NCCc5ccc(O)c(Br)c5)cc(Br)c4O)c3)=N/O)cc2Br)c1)=N/O. The molecule has 0 aliphatic heterocycles. The number of halogens is 6. The van der Waals surface area contributed by atoms with Gasteiger partial charge in [-0.05, 0) is 221 Å². The molecule has 0 aromatic heterocycles. The van der Waals surface area contributed by atoms with Crippen molar-refractivity contribution in [2.75, 3.05) is 19.6 Å². The van der Waals surface area contributed by atoms with Gasteiger partial charge >= 0.3 is 0 Å². The second kappa shape index (κ2) is 27.0. The lowest BCUT2D eigenvalue weighted by molar-refractivity contribution is -0.115. The predicted octanol–water partition coefficient (Wildman–Crippen LogP) is 10.4. The number of nitrogens with one attached hydrogen (secondary N) is 3. The van der Waals surface area contributed by atoms with Crippen molar-refractivity contribution in [1.82, 2.24) is 16.0 Å². The van der Waals surface area contributed by atoms with Gasteiger partial charge in [-0.25, -0.2) is 0 Å². The Hall–Kier alpha value is -6.18. The summed E-state index contributed by atoms with van der Waals surface area (Å²) in [4.78, 5) is 39.2. The molecule has 392 valence electrons. The number of benzene rings is 6. The molecule has 11 N–H and O–H groups in total. The molecule has 0 saturated carbocycles. The van der Waals surface area contributed by atoms with E-state index < -0.39 is 17.7 Å². The van der Waals surface area contributed by atoms with Crippen molar-refractivity contribution in [1.29, 1.82) is 0 Å². The number of phenolic OH excluding ortho intramolecular Hbond substituents is 5. The molecule has 0 spiro atoms. The Morgan fingerprint density at radius 1 is 0.400 bits per heavy atom. The van der Waals surface area contributed by atoms with Gasteiger partial charge in [-0.3, -0.25) is 14.4 Å². The summed E-state index contributed by atoms with van der Waals surface area (Å²) in [5.41, 5.74) is 3.32. The third-order valence-corrected chi connectivity index (χ3v) is 14.9. The van der Waals surface area contributed by atoms with Crippen LogP contribution in [0.4, 0.5) is 0 Å². The Morgan fingerprint density at radius 3 is 1.09 bits per heavy atom. The van der Waals surface area contributed by atoms with Crippen LogP contribution in [-0.2, 0) is 52.9 Å². The Labute approximate surface area is 479 Å². The Morgan fingerprint density at radius 2 is 0.733 bits per heavy atom. The highest BCUT2D eigenvalue weighted by atomic mass is 79.9. The van der Waals surface area contributed by atoms with Crippen molar-refractivity contribution in [3.8, 4) is 51.4 Å². The van der Waals surface area contributed by atoms with E-state index in [0.29, 0.717) is 55.1 Å². The normalized spacial score (nSPS) is 11.8. The van der Waals surface area contributed by atoms with Gasteiger partial charge in [0.25, 0.3) is 17.7 Å². The van der Waals surface area contributed by atoms with E-state index in [9.17, 15) is 55.5 Å². The Bertz CT molecular complexity index is 3250. The number of carbonyl (C=O) groups is 3. The average Bonchev–Trinajstić information content (AvgIpc) is 3.37. The first-order valence-electron chi connectivity index (χ1n) is 22.2. The molecule has 0 atom stereocenters. The van der Waals surface area contributed by atoms with Gasteiger partial charge in [-0.15, -0.1) is 0 Å². The summed E-state index contributed by atoms with van der Waals surface area (Å²) in [6.45, 7) is 0.538. The molecule has 0 aliphatic rings. The summed E-state index contributed by atoms with van der Waals surface area (Å²) in [6, 6.07) is 24.2. The van der Waals surface area contributed by atoms with Crippen LogP contribution in [0.3, 0.4) is 0 Å². The van der Waals surface area contributed by atoms with E-state index in [-0.39, 0.29) is 115 Å². The minimum atomic E-state index is -0.685. The molecule has 6 rings (SSSR count). The van der Waals surface area contributed by atoms with Crippen LogP contribution in [0.5, 0.6) is 40.2 Å². The molecule has 6 aromatic rings. The van der Waals surface area contributed by atoms with Gasteiger partial charge in [0.05, 0.1) is 26.8 Å². The van der Waals surface area contributed by atoms with Crippen LogP contribution in [0.25, 0.3) is 11.1 Å². The first kappa shape index (κ1) is 58.1. The molecule has 3 amide bonds. The molecule has 0 unspecified atom stereocenters. The third kappa shape index (κ3) is 15.7. The van der Waals surface area contributed by atoms with Gasteiger partial charge < -0.3 is 61.8 Å². The maximum Gasteiger partial charge on any atom is 0.269 e. The lowest BCUT2D eigenvalue weighted by atomic mass is 9.95. The molecular formula is C51H44Br6N6O12. The summed E-state index contributed by atoms with van der Waals surface area (Å²) < 4.78 is 8.24. The number of carbonyl (C=O) groups excluding carboxylic acids is 3. The highest BCUT2D eigenvalue weighted by molar-refractivity contribution is 9.11. The minimum Gasteiger partial charge on any atom is -0.507 e. The fourth-order valence-electron chi connectivity index (χ4n) is 7.38. The number of phenols is 5. The van der Waals surface area contributed by atoms with Crippen molar-refractivity contribution in [3.05, 3.63) is 151 Å². The summed E-state index contributed by atoms with van der Waals surface area (Å²) in [5.74, 6) is -2.16. The van der Waals surface area contributed by atoms with Crippen LogP contribution in [0.1, 0.15) is 33.4 Å². The van der Waals surface area contributed by atoms with E-state index in [1.54, 1.807) is 48.5 Å². The third-order valence-electron chi connectivity index (χ3n) is 11.2. The number of nitrogens with zero attached hydrogens (tertiary/aromatic N) is 3. The molecule has 0 radical (unpaired) electrons. The predicted molar refractivity (Wildman–Crippen MR) is 301 cm³/mol. The first-order valence-corrected chi connectivity index (χ1v) is 27.0. The average molecular weight is 1410 g/mol. The van der Waals surface area contributed by atoms with Gasteiger partial charge in [0.2, 0.25) is 0 Å². The molecule has 18 nitrogen and oxygen atoms in total. The van der Waals surface area contributed by atoms with Crippen molar-refractivity contribution in [2.45, 2.75) is 38.5 Å². The van der Waals surface area contributed by atoms with Crippen molar-refractivity contribution >= 4 is 130 Å². The van der Waals surface area contributed by atoms with Crippen LogP contribution < -0.4 is 20.7 Å². The van der Waals surface area contributed by atoms with Crippen molar-refractivity contribution in [3.63, 3.8) is 0 Å². The number of amides is 3. The number of hydrogen-bond acceptors (Lipinski definition) is 15. The van der Waals surface area contributed by atoms with Crippen LogP contribution >= 0.6 is 95.6 Å². The fourth-order valence-corrected chi connectivity index (χ4v) is 10.2.